The van der Waals surface area contributed by atoms with Crippen LogP contribution in [0.5, 0.6) is 0 Å². The maximum atomic E-state index is 3.56. The molecule has 2 heteroatoms. The highest BCUT2D eigenvalue weighted by atomic mass is 15.1. The lowest BCUT2D eigenvalue weighted by molar-refractivity contribution is 0.0812. The molecule has 0 aliphatic carbocycles. The molecule has 1 aliphatic heterocycles. The van der Waals surface area contributed by atoms with Crippen molar-refractivity contribution in [3.05, 3.63) is 0 Å². The van der Waals surface area contributed by atoms with Gasteiger partial charge in [-0.05, 0) is 50.2 Å². The molecule has 1 N–H and O–H groups in total. The molecule has 0 bridgehead atoms. The molecular formula is C15H32N2. The quantitative estimate of drug-likeness (QED) is 0.794. The molecule has 0 spiro atoms. The summed E-state index contributed by atoms with van der Waals surface area (Å²) in [6, 6.07) is 0.586. The third kappa shape index (κ3) is 4.59. The van der Waals surface area contributed by atoms with Crippen molar-refractivity contribution >= 4 is 0 Å². The lowest BCUT2D eigenvalue weighted by Crippen LogP contribution is -2.49. The molecule has 1 rings (SSSR count). The van der Waals surface area contributed by atoms with Crippen LogP contribution in [0.15, 0.2) is 0 Å². The van der Waals surface area contributed by atoms with Crippen LogP contribution in [0, 0.1) is 10.8 Å². The van der Waals surface area contributed by atoms with Gasteiger partial charge in [-0.3, -0.25) is 0 Å². The molecule has 1 fully saturated rings. The van der Waals surface area contributed by atoms with Gasteiger partial charge in [0.2, 0.25) is 0 Å². The fraction of sp³-hybridized carbons (Fsp3) is 1.00. The van der Waals surface area contributed by atoms with Crippen molar-refractivity contribution in [3.63, 3.8) is 0 Å². The Kier molecular flexibility index (Phi) is 5.03. The fourth-order valence-corrected chi connectivity index (χ4v) is 2.61. The van der Waals surface area contributed by atoms with E-state index in [1.165, 1.54) is 32.5 Å². The number of hydrogen-bond acceptors (Lipinski definition) is 2. The van der Waals surface area contributed by atoms with Gasteiger partial charge in [0.05, 0.1) is 0 Å². The molecule has 102 valence electrons. The van der Waals surface area contributed by atoms with Gasteiger partial charge < -0.3 is 10.2 Å². The number of nitrogens with zero attached hydrogens (tertiary/aromatic N) is 1. The highest BCUT2D eigenvalue weighted by molar-refractivity contribution is 4.86. The van der Waals surface area contributed by atoms with Crippen LogP contribution < -0.4 is 5.32 Å². The summed E-state index contributed by atoms with van der Waals surface area (Å²) in [5, 5.41) is 3.56. The Morgan fingerprint density at radius 1 is 1.24 bits per heavy atom. The Balaban J connectivity index is 2.43. The molecule has 0 saturated carbocycles. The molecule has 17 heavy (non-hydrogen) atoms. The average Bonchev–Trinajstić information content (AvgIpc) is 2.21. The first-order valence-electron chi connectivity index (χ1n) is 7.22. The molecule has 0 aromatic rings. The normalized spacial score (nSPS) is 23.6. The van der Waals surface area contributed by atoms with E-state index < -0.39 is 0 Å². The summed E-state index contributed by atoms with van der Waals surface area (Å²) >= 11 is 0. The standard InChI is InChI=1S/C15H32N2/c1-7-16-13(2)15(5,6)12-17-10-8-14(3,4)9-11-17/h13,16H,7-12H2,1-6H3. The lowest BCUT2D eigenvalue weighted by atomic mass is 9.80. The second kappa shape index (κ2) is 5.71. The molecule has 0 amide bonds. The molecule has 0 aromatic carbocycles. The van der Waals surface area contributed by atoms with Crippen molar-refractivity contribution < 1.29 is 0 Å². The number of piperidine rings is 1. The van der Waals surface area contributed by atoms with E-state index in [1.54, 1.807) is 0 Å². The zero-order chi connectivity index (χ0) is 13.1. The monoisotopic (exact) mass is 240 g/mol. The first kappa shape index (κ1) is 15.0. The minimum absolute atomic E-state index is 0.359. The number of likely N-dealkylation sites (tertiary alicyclic amines) is 1. The van der Waals surface area contributed by atoms with Crippen molar-refractivity contribution in [1.82, 2.24) is 10.2 Å². The summed E-state index contributed by atoms with van der Waals surface area (Å²) in [7, 11) is 0. The molecule has 1 heterocycles. The van der Waals surface area contributed by atoms with Gasteiger partial charge in [-0.15, -0.1) is 0 Å². The topological polar surface area (TPSA) is 15.3 Å². The molecule has 0 aromatic heterocycles. The van der Waals surface area contributed by atoms with Crippen molar-refractivity contribution in [2.45, 2.75) is 60.4 Å². The summed E-state index contributed by atoms with van der Waals surface area (Å²) in [4.78, 5) is 2.65. The third-order valence-electron chi connectivity index (χ3n) is 4.52. The summed E-state index contributed by atoms with van der Waals surface area (Å²) in [6.07, 6.45) is 2.69. The van der Waals surface area contributed by atoms with E-state index in [9.17, 15) is 0 Å². The van der Waals surface area contributed by atoms with Gasteiger partial charge >= 0.3 is 0 Å². The Labute approximate surface area is 108 Å². The second-order valence-corrected chi connectivity index (χ2v) is 7.21. The van der Waals surface area contributed by atoms with E-state index in [0.29, 0.717) is 16.9 Å². The van der Waals surface area contributed by atoms with Crippen LogP contribution in [0.3, 0.4) is 0 Å². The van der Waals surface area contributed by atoms with E-state index in [-0.39, 0.29) is 0 Å². The van der Waals surface area contributed by atoms with Gasteiger partial charge in [-0.1, -0.05) is 34.6 Å². The van der Waals surface area contributed by atoms with Gasteiger partial charge in [-0.25, -0.2) is 0 Å². The van der Waals surface area contributed by atoms with Crippen molar-refractivity contribution in [2.75, 3.05) is 26.2 Å². The van der Waals surface area contributed by atoms with Crippen LogP contribution in [-0.4, -0.2) is 37.1 Å². The summed E-state index contributed by atoms with van der Waals surface area (Å²) in [5.41, 5.74) is 0.922. The Morgan fingerprint density at radius 2 is 1.76 bits per heavy atom. The Morgan fingerprint density at radius 3 is 2.24 bits per heavy atom. The maximum absolute atomic E-state index is 3.56. The summed E-state index contributed by atoms with van der Waals surface area (Å²) in [5.74, 6) is 0. The van der Waals surface area contributed by atoms with Crippen molar-refractivity contribution in [1.29, 1.82) is 0 Å². The van der Waals surface area contributed by atoms with Crippen molar-refractivity contribution in [2.24, 2.45) is 10.8 Å². The molecule has 1 atom stereocenters. The van der Waals surface area contributed by atoms with Gasteiger partial charge in [0.25, 0.3) is 0 Å². The molecule has 1 aliphatic rings. The maximum Gasteiger partial charge on any atom is 0.0102 e. The van der Waals surface area contributed by atoms with Crippen molar-refractivity contribution in [3.8, 4) is 0 Å². The zero-order valence-corrected chi connectivity index (χ0v) is 12.8. The fourth-order valence-electron chi connectivity index (χ4n) is 2.61. The number of nitrogens with one attached hydrogen (secondary N) is 1. The van der Waals surface area contributed by atoms with Crippen LogP contribution in [0.25, 0.3) is 0 Å². The lowest BCUT2D eigenvalue weighted by Gasteiger charge is -2.42. The molecule has 0 radical (unpaired) electrons. The van der Waals surface area contributed by atoms with Crippen LogP contribution in [0.2, 0.25) is 0 Å². The van der Waals surface area contributed by atoms with Gasteiger partial charge in [-0.2, -0.15) is 0 Å². The van der Waals surface area contributed by atoms with E-state index >= 15 is 0 Å². The average molecular weight is 240 g/mol. The van der Waals surface area contributed by atoms with E-state index in [0.717, 1.165) is 6.54 Å². The third-order valence-corrected chi connectivity index (χ3v) is 4.52. The highest BCUT2D eigenvalue weighted by Crippen LogP contribution is 2.32. The highest BCUT2D eigenvalue weighted by Gasteiger charge is 2.31. The molecular weight excluding hydrogens is 208 g/mol. The minimum atomic E-state index is 0.359. The van der Waals surface area contributed by atoms with E-state index in [2.05, 4.69) is 51.8 Å². The molecule has 2 nitrogen and oxygen atoms in total. The SMILES string of the molecule is CCNC(C)C(C)(C)CN1CCC(C)(C)CC1. The minimum Gasteiger partial charge on any atom is -0.314 e. The second-order valence-electron chi connectivity index (χ2n) is 7.21. The molecule has 1 saturated heterocycles. The van der Waals surface area contributed by atoms with Gasteiger partial charge in [0.1, 0.15) is 0 Å². The Hall–Kier alpha value is -0.0800. The van der Waals surface area contributed by atoms with Crippen LogP contribution in [0.1, 0.15) is 54.4 Å². The first-order valence-corrected chi connectivity index (χ1v) is 7.22. The molecule has 1 unspecified atom stereocenters. The van der Waals surface area contributed by atoms with Crippen LogP contribution >= 0.6 is 0 Å². The first-order chi connectivity index (χ1) is 7.77. The smallest absolute Gasteiger partial charge is 0.0102 e. The predicted molar refractivity (Wildman–Crippen MR) is 76.4 cm³/mol. The number of rotatable bonds is 5. The Bertz CT molecular complexity index is 223. The predicted octanol–water partition coefficient (Wildman–Crippen LogP) is 3.13. The largest absolute Gasteiger partial charge is 0.314 e. The summed E-state index contributed by atoms with van der Waals surface area (Å²) in [6.45, 7) is 18.9. The van der Waals surface area contributed by atoms with Gasteiger partial charge in [0, 0.05) is 12.6 Å². The van der Waals surface area contributed by atoms with E-state index in [1.807, 2.05) is 0 Å². The van der Waals surface area contributed by atoms with E-state index in [4.69, 9.17) is 0 Å². The summed E-state index contributed by atoms with van der Waals surface area (Å²) < 4.78 is 0. The van der Waals surface area contributed by atoms with Crippen LogP contribution in [-0.2, 0) is 0 Å². The van der Waals surface area contributed by atoms with Gasteiger partial charge in [0.15, 0.2) is 0 Å². The van der Waals surface area contributed by atoms with Crippen LogP contribution in [0.4, 0.5) is 0 Å². The number of hydrogen-bond donors (Lipinski definition) is 1. The zero-order valence-electron chi connectivity index (χ0n) is 12.8.